The van der Waals surface area contributed by atoms with Crippen LogP contribution in [0.25, 0.3) is 0 Å². The predicted octanol–water partition coefficient (Wildman–Crippen LogP) is 1.64. The summed E-state index contributed by atoms with van der Waals surface area (Å²) < 4.78 is 0. The van der Waals surface area contributed by atoms with E-state index in [0.29, 0.717) is 6.54 Å². The van der Waals surface area contributed by atoms with Crippen molar-refractivity contribution < 1.29 is 19.8 Å². The normalized spacial score (nSPS) is 10.1. The number of aliphatic carboxylic acids is 1. The maximum atomic E-state index is 12.1. The van der Waals surface area contributed by atoms with Crippen LogP contribution in [0.4, 0.5) is 0 Å². The van der Waals surface area contributed by atoms with Crippen molar-refractivity contribution in [2.24, 2.45) is 0 Å². The van der Waals surface area contributed by atoms with Gasteiger partial charge in [-0.1, -0.05) is 11.6 Å². The lowest BCUT2D eigenvalue weighted by Crippen LogP contribution is -2.32. The lowest BCUT2D eigenvalue weighted by molar-refractivity contribution is -0.137. The van der Waals surface area contributed by atoms with Gasteiger partial charge in [0.15, 0.2) is 0 Å². The molecule has 0 aliphatic heterocycles. The van der Waals surface area contributed by atoms with E-state index in [1.807, 2.05) is 6.92 Å². The van der Waals surface area contributed by atoms with Crippen molar-refractivity contribution >= 4 is 11.9 Å². The average Bonchev–Trinajstić information content (AvgIpc) is 2.32. The lowest BCUT2D eigenvalue weighted by atomic mass is 10.1. The van der Waals surface area contributed by atoms with E-state index in [1.54, 1.807) is 19.1 Å². The summed E-state index contributed by atoms with van der Waals surface area (Å²) in [7, 11) is 0. The molecule has 0 aliphatic carbocycles. The van der Waals surface area contributed by atoms with Gasteiger partial charge >= 0.3 is 5.97 Å². The standard InChI is InChI=1S/C13H17NO4/c1-3-14(7-6-12(16)17)13(18)10-8-9(2)4-5-11(10)15/h4-5,8,15H,3,6-7H2,1-2H3,(H,16,17). The van der Waals surface area contributed by atoms with E-state index in [2.05, 4.69) is 0 Å². The Kier molecular flexibility index (Phi) is 4.71. The Hall–Kier alpha value is -2.04. The third-order valence-corrected chi connectivity index (χ3v) is 2.65. The average molecular weight is 251 g/mol. The zero-order valence-corrected chi connectivity index (χ0v) is 10.5. The number of carboxylic acids is 1. The summed E-state index contributed by atoms with van der Waals surface area (Å²) in [5, 5.41) is 18.3. The fourth-order valence-electron chi connectivity index (χ4n) is 1.63. The van der Waals surface area contributed by atoms with Crippen LogP contribution in [0.5, 0.6) is 5.75 Å². The van der Waals surface area contributed by atoms with Gasteiger partial charge in [0.2, 0.25) is 0 Å². The monoisotopic (exact) mass is 251 g/mol. The fraction of sp³-hybridized carbons (Fsp3) is 0.385. The van der Waals surface area contributed by atoms with E-state index in [9.17, 15) is 14.7 Å². The number of hydrogen-bond acceptors (Lipinski definition) is 3. The zero-order valence-electron chi connectivity index (χ0n) is 10.5. The molecule has 0 saturated heterocycles. The third kappa shape index (κ3) is 3.48. The van der Waals surface area contributed by atoms with E-state index in [4.69, 9.17) is 5.11 Å². The summed E-state index contributed by atoms with van der Waals surface area (Å²) in [5.41, 5.74) is 1.08. The van der Waals surface area contributed by atoms with E-state index in [-0.39, 0.29) is 30.2 Å². The van der Waals surface area contributed by atoms with Crippen LogP contribution in [0.3, 0.4) is 0 Å². The molecule has 1 aromatic carbocycles. The molecular formula is C13H17NO4. The molecule has 0 spiro atoms. The molecule has 98 valence electrons. The van der Waals surface area contributed by atoms with Crippen LogP contribution in [-0.2, 0) is 4.79 Å². The first-order chi connectivity index (χ1) is 8.45. The number of benzene rings is 1. The molecular weight excluding hydrogens is 234 g/mol. The number of aryl methyl sites for hydroxylation is 1. The van der Waals surface area contributed by atoms with Crippen molar-refractivity contribution in [1.29, 1.82) is 0 Å². The van der Waals surface area contributed by atoms with Gasteiger partial charge in [-0.3, -0.25) is 9.59 Å². The van der Waals surface area contributed by atoms with Gasteiger partial charge in [0.05, 0.1) is 12.0 Å². The van der Waals surface area contributed by atoms with E-state index >= 15 is 0 Å². The number of phenolic OH excluding ortho intramolecular Hbond substituents is 1. The summed E-state index contributed by atoms with van der Waals surface area (Å²) in [6, 6.07) is 4.77. The number of rotatable bonds is 5. The lowest BCUT2D eigenvalue weighted by Gasteiger charge is -2.20. The molecule has 5 nitrogen and oxygen atoms in total. The summed E-state index contributed by atoms with van der Waals surface area (Å²) in [5.74, 6) is -1.38. The SMILES string of the molecule is CCN(CCC(=O)O)C(=O)c1cc(C)ccc1O. The van der Waals surface area contributed by atoms with Gasteiger partial charge in [-0.05, 0) is 26.0 Å². The summed E-state index contributed by atoms with van der Waals surface area (Å²) in [6.07, 6.45) is -0.105. The highest BCUT2D eigenvalue weighted by atomic mass is 16.4. The molecule has 0 unspecified atom stereocenters. The van der Waals surface area contributed by atoms with E-state index in [0.717, 1.165) is 5.56 Å². The molecule has 0 atom stereocenters. The van der Waals surface area contributed by atoms with Crippen molar-refractivity contribution in [1.82, 2.24) is 4.90 Å². The number of carbonyl (C=O) groups is 2. The largest absolute Gasteiger partial charge is 0.507 e. The Balaban J connectivity index is 2.89. The predicted molar refractivity (Wildman–Crippen MR) is 66.7 cm³/mol. The van der Waals surface area contributed by atoms with Crippen LogP contribution in [0.2, 0.25) is 0 Å². The smallest absolute Gasteiger partial charge is 0.305 e. The molecule has 0 fully saturated rings. The topological polar surface area (TPSA) is 77.8 Å². The zero-order chi connectivity index (χ0) is 13.7. The molecule has 1 aromatic rings. The van der Waals surface area contributed by atoms with Gasteiger partial charge in [-0.25, -0.2) is 0 Å². The highest BCUT2D eigenvalue weighted by Gasteiger charge is 2.18. The highest BCUT2D eigenvalue weighted by molar-refractivity contribution is 5.97. The minimum absolute atomic E-state index is 0.0839. The second-order valence-electron chi connectivity index (χ2n) is 4.05. The molecule has 0 heterocycles. The number of carbonyl (C=O) groups excluding carboxylic acids is 1. The van der Waals surface area contributed by atoms with Crippen molar-refractivity contribution in [3.63, 3.8) is 0 Å². The Morgan fingerprint density at radius 1 is 1.33 bits per heavy atom. The molecule has 2 N–H and O–H groups in total. The fourth-order valence-corrected chi connectivity index (χ4v) is 1.63. The van der Waals surface area contributed by atoms with Crippen LogP contribution in [0.1, 0.15) is 29.3 Å². The second kappa shape index (κ2) is 6.05. The highest BCUT2D eigenvalue weighted by Crippen LogP contribution is 2.20. The molecule has 0 aromatic heterocycles. The van der Waals surface area contributed by atoms with Gasteiger partial charge in [-0.2, -0.15) is 0 Å². The third-order valence-electron chi connectivity index (χ3n) is 2.65. The van der Waals surface area contributed by atoms with Crippen LogP contribution < -0.4 is 0 Å². The van der Waals surface area contributed by atoms with E-state index < -0.39 is 5.97 Å². The van der Waals surface area contributed by atoms with Crippen LogP contribution >= 0.6 is 0 Å². The number of hydrogen-bond donors (Lipinski definition) is 2. The molecule has 1 amide bonds. The van der Waals surface area contributed by atoms with Crippen molar-refractivity contribution in [2.75, 3.05) is 13.1 Å². The Labute approximate surface area is 106 Å². The molecule has 18 heavy (non-hydrogen) atoms. The molecule has 0 bridgehead atoms. The van der Waals surface area contributed by atoms with Gasteiger partial charge in [0.25, 0.3) is 5.91 Å². The Bertz CT molecular complexity index is 456. The van der Waals surface area contributed by atoms with E-state index in [1.165, 1.54) is 11.0 Å². The van der Waals surface area contributed by atoms with Crippen molar-refractivity contribution in [3.05, 3.63) is 29.3 Å². The Morgan fingerprint density at radius 2 is 2.00 bits per heavy atom. The summed E-state index contributed by atoms with van der Waals surface area (Å²) in [4.78, 5) is 24.1. The number of nitrogens with zero attached hydrogens (tertiary/aromatic N) is 1. The van der Waals surface area contributed by atoms with Crippen LogP contribution in [0.15, 0.2) is 18.2 Å². The minimum Gasteiger partial charge on any atom is -0.507 e. The summed E-state index contributed by atoms with van der Waals surface area (Å²) >= 11 is 0. The Morgan fingerprint density at radius 3 is 2.56 bits per heavy atom. The van der Waals surface area contributed by atoms with Crippen molar-refractivity contribution in [2.45, 2.75) is 20.3 Å². The molecule has 5 heteroatoms. The number of aromatic hydroxyl groups is 1. The van der Waals surface area contributed by atoms with Gasteiger partial charge in [0.1, 0.15) is 5.75 Å². The van der Waals surface area contributed by atoms with Crippen LogP contribution in [0, 0.1) is 6.92 Å². The number of amides is 1. The first kappa shape index (κ1) is 14.0. The van der Waals surface area contributed by atoms with Gasteiger partial charge < -0.3 is 15.1 Å². The van der Waals surface area contributed by atoms with Gasteiger partial charge in [0, 0.05) is 13.1 Å². The maximum absolute atomic E-state index is 12.1. The number of phenols is 1. The molecule has 0 saturated carbocycles. The molecule has 1 rings (SSSR count). The van der Waals surface area contributed by atoms with Gasteiger partial charge in [-0.15, -0.1) is 0 Å². The maximum Gasteiger partial charge on any atom is 0.305 e. The second-order valence-corrected chi connectivity index (χ2v) is 4.05. The van der Waals surface area contributed by atoms with Crippen molar-refractivity contribution in [3.8, 4) is 5.75 Å². The van der Waals surface area contributed by atoms with Crippen LogP contribution in [-0.4, -0.2) is 40.1 Å². The summed E-state index contributed by atoms with van der Waals surface area (Å²) in [6.45, 7) is 4.13. The number of carboxylic acid groups (broad SMARTS) is 1. The first-order valence-corrected chi connectivity index (χ1v) is 5.76. The minimum atomic E-state index is -0.949. The molecule has 0 aliphatic rings. The quantitative estimate of drug-likeness (QED) is 0.833. The molecule has 0 radical (unpaired) electrons. The first-order valence-electron chi connectivity index (χ1n) is 5.76.